The predicted molar refractivity (Wildman–Crippen MR) is 65.5 cm³/mol. The number of nitrogens with zero attached hydrogens (tertiary/aromatic N) is 3. The van der Waals surface area contributed by atoms with Crippen LogP contribution in [0.2, 0.25) is 0 Å². The van der Waals surface area contributed by atoms with E-state index in [4.69, 9.17) is 0 Å². The Kier molecular flexibility index (Phi) is 4.50. The summed E-state index contributed by atoms with van der Waals surface area (Å²) < 4.78 is 1.80. The molecular formula is C12H22N4O. The molecule has 2 N–H and O–H groups in total. The molecule has 0 unspecified atom stereocenters. The van der Waals surface area contributed by atoms with Crippen LogP contribution in [0.5, 0.6) is 0 Å². The summed E-state index contributed by atoms with van der Waals surface area (Å²) in [6.45, 7) is 2.32. The highest BCUT2D eigenvalue weighted by Gasteiger charge is 2.27. The number of nitrogens with one attached hydrogen (secondary N) is 1. The Morgan fingerprint density at radius 2 is 2.00 bits per heavy atom. The molecule has 1 fully saturated rings. The summed E-state index contributed by atoms with van der Waals surface area (Å²) in [6.07, 6.45) is 10.2. The Bertz CT molecular complexity index is 304. The molecule has 0 atom stereocenters. The van der Waals surface area contributed by atoms with E-state index in [1.165, 1.54) is 12.8 Å². The molecule has 1 saturated carbocycles. The lowest BCUT2D eigenvalue weighted by Crippen LogP contribution is -2.41. The molecule has 0 radical (unpaired) electrons. The number of aromatic nitrogens is 3. The van der Waals surface area contributed by atoms with E-state index in [9.17, 15) is 5.11 Å². The van der Waals surface area contributed by atoms with Crippen LogP contribution in [-0.4, -0.2) is 38.8 Å². The zero-order valence-corrected chi connectivity index (χ0v) is 10.3. The smallest absolute Gasteiger partial charge is 0.0771 e. The Hall–Kier alpha value is -0.940. The summed E-state index contributed by atoms with van der Waals surface area (Å²) in [7, 11) is 0. The van der Waals surface area contributed by atoms with E-state index in [-0.39, 0.29) is 0 Å². The van der Waals surface area contributed by atoms with Crippen molar-refractivity contribution in [1.82, 2.24) is 20.3 Å². The van der Waals surface area contributed by atoms with Gasteiger partial charge in [0.05, 0.1) is 18.3 Å². The molecule has 96 valence electrons. The molecule has 0 amide bonds. The maximum atomic E-state index is 10.4. The largest absolute Gasteiger partial charge is 0.389 e. The van der Waals surface area contributed by atoms with E-state index in [2.05, 4.69) is 15.6 Å². The SMILES string of the molecule is OC1(CNCCn2ccnn2)CCCCCC1. The Balaban J connectivity index is 1.66. The standard InChI is InChI=1S/C12H22N4O/c17-12(5-3-1-2-4-6-12)11-13-7-9-16-10-8-14-15-16/h8,10,13,17H,1-7,9,11H2. The van der Waals surface area contributed by atoms with Crippen LogP contribution < -0.4 is 5.32 Å². The maximum absolute atomic E-state index is 10.4. The van der Waals surface area contributed by atoms with E-state index in [0.717, 1.165) is 38.8 Å². The van der Waals surface area contributed by atoms with Crippen molar-refractivity contribution in [2.24, 2.45) is 0 Å². The van der Waals surface area contributed by atoms with Gasteiger partial charge >= 0.3 is 0 Å². The average molecular weight is 238 g/mol. The van der Waals surface area contributed by atoms with Gasteiger partial charge in [-0.05, 0) is 12.8 Å². The second-order valence-electron chi connectivity index (χ2n) is 4.98. The number of aliphatic hydroxyl groups is 1. The third kappa shape index (κ3) is 4.09. The first-order valence-electron chi connectivity index (χ1n) is 6.56. The van der Waals surface area contributed by atoms with Crippen molar-refractivity contribution in [3.05, 3.63) is 12.4 Å². The molecule has 1 aromatic heterocycles. The van der Waals surface area contributed by atoms with Gasteiger partial charge in [0.2, 0.25) is 0 Å². The minimum absolute atomic E-state index is 0.487. The first kappa shape index (κ1) is 12.5. The van der Waals surface area contributed by atoms with Crippen molar-refractivity contribution < 1.29 is 5.11 Å². The van der Waals surface area contributed by atoms with Crippen LogP contribution in [0.1, 0.15) is 38.5 Å². The van der Waals surface area contributed by atoms with Gasteiger partial charge in [-0.3, -0.25) is 4.68 Å². The van der Waals surface area contributed by atoms with Crippen molar-refractivity contribution in [2.45, 2.75) is 50.7 Å². The van der Waals surface area contributed by atoms with Gasteiger partial charge < -0.3 is 10.4 Å². The molecule has 0 aliphatic heterocycles. The van der Waals surface area contributed by atoms with Crippen molar-refractivity contribution in [3.63, 3.8) is 0 Å². The number of hydrogen-bond acceptors (Lipinski definition) is 4. The summed E-state index contributed by atoms with van der Waals surface area (Å²) in [5.74, 6) is 0. The summed E-state index contributed by atoms with van der Waals surface area (Å²) in [4.78, 5) is 0. The van der Waals surface area contributed by atoms with Crippen molar-refractivity contribution >= 4 is 0 Å². The highest BCUT2D eigenvalue weighted by Crippen LogP contribution is 2.26. The Morgan fingerprint density at radius 1 is 1.24 bits per heavy atom. The van der Waals surface area contributed by atoms with Crippen LogP contribution >= 0.6 is 0 Å². The lowest BCUT2D eigenvalue weighted by Gasteiger charge is -2.26. The summed E-state index contributed by atoms with van der Waals surface area (Å²) in [5, 5.41) is 21.4. The summed E-state index contributed by atoms with van der Waals surface area (Å²) >= 11 is 0. The molecule has 1 heterocycles. The molecule has 1 aliphatic carbocycles. The van der Waals surface area contributed by atoms with Gasteiger partial charge in [0.25, 0.3) is 0 Å². The quantitative estimate of drug-likeness (QED) is 0.592. The predicted octanol–water partition coefficient (Wildman–Crippen LogP) is 0.953. The molecule has 1 aromatic rings. The zero-order chi connectivity index (χ0) is 12.0. The first-order chi connectivity index (χ1) is 8.29. The highest BCUT2D eigenvalue weighted by molar-refractivity contribution is 4.83. The topological polar surface area (TPSA) is 63.0 Å². The van der Waals surface area contributed by atoms with Crippen LogP contribution in [0.3, 0.4) is 0 Å². The number of rotatable bonds is 5. The van der Waals surface area contributed by atoms with E-state index >= 15 is 0 Å². The first-order valence-corrected chi connectivity index (χ1v) is 6.56. The molecule has 17 heavy (non-hydrogen) atoms. The van der Waals surface area contributed by atoms with Crippen molar-refractivity contribution in [2.75, 3.05) is 13.1 Å². The van der Waals surface area contributed by atoms with Gasteiger partial charge in [-0.2, -0.15) is 0 Å². The molecule has 0 spiro atoms. The summed E-state index contributed by atoms with van der Waals surface area (Å²) in [5.41, 5.74) is -0.487. The van der Waals surface area contributed by atoms with Gasteiger partial charge in [-0.1, -0.05) is 30.9 Å². The fourth-order valence-electron chi connectivity index (χ4n) is 2.43. The van der Waals surface area contributed by atoms with Crippen LogP contribution in [-0.2, 0) is 6.54 Å². The molecule has 0 bridgehead atoms. The normalized spacial score (nSPS) is 20.1. The third-order valence-electron chi connectivity index (χ3n) is 3.48. The maximum Gasteiger partial charge on any atom is 0.0771 e. The highest BCUT2D eigenvalue weighted by atomic mass is 16.3. The van der Waals surface area contributed by atoms with Crippen LogP contribution in [0.15, 0.2) is 12.4 Å². The second kappa shape index (κ2) is 6.12. The lowest BCUT2D eigenvalue weighted by molar-refractivity contribution is 0.0253. The van der Waals surface area contributed by atoms with Gasteiger partial charge in [0.1, 0.15) is 0 Å². The Labute approximate surface area is 102 Å². The fourth-order valence-corrected chi connectivity index (χ4v) is 2.43. The lowest BCUT2D eigenvalue weighted by atomic mass is 9.94. The molecule has 0 aromatic carbocycles. The zero-order valence-electron chi connectivity index (χ0n) is 10.3. The molecule has 0 saturated heterocycles. The van der Waals surface area contributed by atoms with Gasteiger partial charge in [0.15, 0.2) is 0 Å². The molecule has 5 nitrogen and oxygen atoms in total. The average Bonchev–Trinajstić information content (AvgIpc) is 2.74. The van der Waals surface area contributed by atoms with Gasteiger partial charge in [0, 0.05) is 19.3 Å². The van der Waals surface area contributed by atoms with E-state index in [1.54, 1.807) is 10.9 Å². The monoisotopic (exact) mass is 238 g/mol. The fraction of sp³-hybridized carbons (Fsp3) is 0.833. The van der Waals surface area contributed by atoms with Crippen molar-refractivity contribution in [3.8, 4) is 0 Å². The Morgan fingerprint density at radius 3 is 2.65 bits per heavy atom. The molecular weight excluding hydrogens is 216 g/mol. The van der Waals surface area contributed by atoms with Crippen LogP contribution in [0, 0.1) is 0 Å². The molecule has 5 heteroatoms. The van der Waals surface area contributed by atoms with E-state index in [0.29, 0.717) is 6.54 Å². The van der Waals surface area contributed by atoms with Gasteiger partial charge in [-0.25, -0.2) is 0 Å². The minimum atomic E-state index is -0.487. The third-order valence-corrected chi connectivity index (χ3v) is 3.48. The van der Waals surface area contributed by atoms with Gasteiger partial charge in [-0.15, -0.1) is 5.10 Å². The second-order valence-corrected chi connectivity index (χ2v) is 4.98. The summed E-state index contributed by atoms with van der Waals surface area (Å²) in [6, 6.07) is 0. The van der Waals surface area contributed by atoms with Crippen LogP contribution in [0.4, 0.5) is 0 Å². The number of hydrogen-bond donors (Lipinski definition) is 2. The van der Waals surface area contributed by atoms with E-state index < -0.39 is 5.60 Å². The van der Waals surface area contributed by atoms with E-state index in [1.807, 2.05) is 6.20 Å². The van der Waals surface area contributed by atoms with Crippen LogP contribution in [0.25, 0.3) is 0 Å². The molecule has 1 aliphatic rings. The minimum Gasteiger partial charge on any atom is -0.389 e. The molecule has 2 rings (SSSR count). The van der Waals surface area contributed by atoms with Crippen molar-refractivity contribution in [1.29, 1.82) is 0 Å².